The first-order valence-corrected chi connectivity index (χ1v) is 10.2. The molecule has 0 radical (unpaired) electrons. The Morgan fingerprint density at radius 2 is 2.10 bits per heavy atom. The SMILES string of the molecule is CCOc1cc(CCCNC(=NC)NC2CCN(C(=O)CC)C2)ccc1OC.I. The number of hydrogen-bond donors (Lipinski definition) is 2. The maximum absolute atomic E-state index is 11.8. The Morgan fingerprint density at radius 1 is 1.31 bits per heavy atom. The molecule has 29 heavy (non-hydrogen) atoms. The van der Waals surface area contributed by atoms with E-state index in [0.29, 0.717) is 13.0 Å². The summed E-state index contributed by atoms with van der Waals surface area (Å²) in [6.07, 6.45) is 3.44. The molecule has 1 fully saturated rings. The minimum Gasteiger partial charge on any atom is -0.493 e. The summed E-state index contributed by atoms with van der Waals surface area (Å²) >= 11 is 0. The van der Waals surface area contributed by atoms with Crippen molar-refractivity contribution in [2.45, 2.75) is 45.6 Å². The molecule has 2 rings (SSSR count). The third-order valence-corrected chi connectivity index (χ3v) is 4.87. The van der Waals surface area contributed by atoms with E-state index in [0.717, 1.165) is 56.4 Å². The molecule has 1 aliphatic heterocycles. The summed E-state index contributed by atoms with van der Waals surface area (Å²) in [4.78, 5) is 18.0. The Bertz CT molecular complexity index is 669. The Morgan fingerprint density at radius 3 is 2.76 bits per heavy atom. The molecule has 164 valence electrons. The van der Waals surface area contributed by atoms with E-state index in [9.17, 15) is 4.79 Å². The summed E-state index contributed by atoms with van der Waals surface area (Å²) in [5, 5.41) is 6.79. The molecule has 0 saturated carbocycles. The smallest absolute Gasteiger partial charge is 0.222 e. The lowest BCUT2D eigenvalue weighted by molar-refractivity contribution is -0.129. The molecule has 2 N–H and O–H groups in total. The average molecular weight is 518 g/mol. The molecule has 7 nitrogen and oxygen atoms in total. The predicted octanol–water partition coefficient (Wildman–Crippen LogP) is 2.82. The Hall–Kier alpha value is -1.71. The number of likely N-dealkylation sites (tertiary alicyclic amines) is 1. The number of halogens is 1. The van der Waals surface area contributed by atoms with Crippen LogP contribution in [0.3, 0.4) is 0 Å². The third kappa shape index (κ3) is 7.91. The van der Waals surface area contributed by atoms with Crippen molar-refractivity contribution < 1.29 is 14.3 Å². The molecule has 0 bridgehead atoms. The number of ether oxygens (including phenoxy) is 2. The number of amides is 1. The van der Waals surface area contributed by atoms with E-state index in [-0.39, 0.29) is 35.9 Å². The van der Waals surface area contributed by atoms with E-state index in [1.165, 1.54) is 5.56 Å². The van der Waals surface area contributed by atoms with Gasteiger partial charge in [0.2, 0.25) is 5.91 Å². The van der Waals surface area contributed by atoms with Crippen LogP contribution in [0.5, 0.6) is 11.5 Å². The van der Waals surface area contributed by atoms with Crippen LogP contribution in [0.1, 0.15) is 38.7 Å². The standard InChI is InChI=1S/C21H34N4O3.HI/c1-5-20(26)25-13-11-17(15-25)24-21(22-3)23-12-7-8-16-9-10-18(27-4)19(14-16)28-6-2;/h9-10,14,17H,5-8,11-13,15H2,1-4H3,(H2,22,23,24);1H. The summed E-state index contributed by atoms with van der Waals surface area (Å²) in [5.74, 6) is 2.57. The number of rotatable bonds is 9. The maximum atomic E-state index is 11.8. The molecule has 0 aromatic heterocycles. The second-order valence-electron chi connectivity index (χ2n) is 6.84. The molecule has 8 heteroatoms. The zero-order chi connectivity index (χ0) is 20.4. The summed E-state index contributed by atoms with van der Waals surface area (Å²) in [7, 11) is 3.43. The number of nitrogens with one attached hydrogen (secondary N) is 2. The normalized spacial score (nSPS) is 16.2. The van der Waals surface area contributed by atoms with Crippen LogP contribution in [0.25, 0.3) is 0 Å². The minimum atomic E-state index is 0. The lowest BCUT2D eigenvalue weighted by Crippen LogP contribution is -2.45. The zero-order valence-corrected chi connectivity index (χ0v) is 20.3. The van der Waals surface area contributed by atoms with E-state index in [2.05, 4.69) is 21.7 Å². The second-order valence-corrected chi connectivity index (χ2v) is 6.84. The van der Waals surface area contributed by atoms with Gasteiger partial charge in [0.05, 0.1) is 13.7 Å². The van der Waals surface area contributed by atoms with Crippen molar-refractivity contribution in [2.75, 3.05) is 40.4 Å². The quantitative estimate of drug-likeness (QED) is 0.228. The van der Waals surface area contributed by atoms with Gasteiger partial charge in [-0.1, -0.05) is 13.0 Å². The van der Waals surface area contributed by atoms with Crippen molar-refractivity contribution in [3.05, 3.63) is 23.8 Å². The number of hydrogen-bond acceptors (Lipinski definition) is 4. The Kier molecular flexibility index (Phi) is 11.8. The van der Waals surface area contributed by atoms with E-state index in [1.54, 1.807) is 14.2 Å². The van der Waals surface area contributed by atoms with Gasteiger partial charge < -0.3 is 25.0 Å². The number of guanidine groups is 1. The highest BCUT2D eigenvalue weighted by Crippen LogP contribution is 2.28. The van der Waals surface area contributed by atoms with Crippen LogP contribution in [0, 0.1) is 0 Å². The number of benzene rings is 1. The fourth-order valence-corrected chi connectivity index (χ4v) is 3.36. The Labute approximate surface area is 191 Å². The first-order chi connectivity index (χ1) is 13.6. The first-order valence-electron chi connectivity index (χ1n) is 10.2. The molecular weight excluding hydrogens is 483 g/mol. The fourth-order valence-electron chi connectivity index (χ4n) is 3.36. The van der Waals surface area contributed by atoms with Gasteiger partial charge in [-0.15, -0.1) is 24.0 Å². The molecule has 1 aromatic rings. The average Bonchev–Trinajstić information content (AvgIpc) is 3.18. The molecular formula is C21H35IN4O3. The highest BCUT2D eigenvalue weighted by atomic mass is 127. The topological polar surface area (TPSA) is 75.2 Å². The van der Waals surface area contributed by atoms with Crippen molar-refractivity contribution in [3.63, 3.8) is 0 Å². The molecule has 1 heterocycles. The number of nitrogens with zero attached hydrogens (tertiary/aromatic N) is 2. The fraction of sp³-hybridized carbons (Fsp3) is 0.619. The molecule has 1 atom stereocenters. The van der Waals surface area contributed by atoms with Gasteiger partial charge in [-0.3, -0.25) is 9.79 Å². The molecule has 1 unspecified atom stereocenters. The highest BCUT2D eigenvalue weighted by molar-refractivity contribution is 14.0. The van der Waals surface area contributed by atoms with Gasteiger partial charge in [-0.2, -0.15) is 0 Å². The van der Waals surface area contributed by atoms with E-state index >= 15 is 0 Å². The molecule has 0 aliphatic carbocycles. The summed E-state index contributed by atoms with van der Waals surface area (Å²) in [5.41, 5.74) is 1.22. The van der Waals surface area contributed by atoms with Crippen molar-refractivity contribution >= 4 is 35.8 Å². The van der Waals surface area contributed by atoms with Crippen LogP contribution in [0.4, 0.5) is 0 Å². The highest BCUT2D eigenvalue weighted by Gasteiger charge is 2.25. The van der Waals surface area contributed by atoms with E-state index < -0.39 is 0 Å². The monoisotopic (exact) mass is 518 g/mol. The molecule has 1 aliphatic rings. The van der Waals surface area contributed by atoms with Gasteiger partial charge in [-0.05, 0) is 43.9 Å². The van der Waals surface area contributed by atoms with Crippen LogP contribution >= 0.6 is 24.0 Å². The maximum Gasteiger partial charge on any atom is 0.222 e. The largest absolute Gasteiger partial charge is 0.493 e. The summed E-state index contributed by atoms with van der Waals surface area (Å²) < 4.78 is 11.0. The molecule has 0 spiro atoms. The molecule has 1 amide bonds. The number of methoxy groups -OCH3 is 1. The lowest BCUT2D eigenvalue weighted by atomic mass is 10.1. The van der Waals surface area contributed by atoms with Crippen LogP contribution in [0.15, 0.2) is 23.2 Å². The predicted molar refractivity (Wildman–Crippen MR) is 128 cm³/mol. The zero-order valence-electron chi connectivity index (χ0n) is 18.0. The van der Waals surface area contributed by atoms with Crippen LogP contribution < -0.4 is 20.1 Å². The molecule has 1 aromatic carbocycles. The Balaban J connectivity index is 0.00000420. The molecule has 1 saturated heterocycles. The van der Waals surface area contributed by atoms with Gasteiger partial charge in [0.15, 0.2) is 17.5 Å². The summed E-state index contributed by atoms with van der Waals surface area (Å²) in [6, 6.07) is 6.34. The number of aliphatic imine (C=N–C) groups is 1. The van der Waals surface area contributed by atoms with E-state index in [1.807, 2.05) is 30.9 Å². The van der Waals surface area contributed by atoms with E-state index in [4.69, 9.17) is 9.47 Å². The van der Waals surface area contributed by atoms with Crippen LogP contribution in [0.2, 0.25) is 0 Å². The summed E-state index contributed by atoms with van der Waals surface area (Å²) in [6.45, 7) is 6.88. The lowest BCUT2D eigenvalue weighted by Gasteiger charge is -2.18. The first kappa shape index (κ1) is 25.3. The third-order valence-electron chi connectivity index (χ3n) is 4.87. The van der Waals surface area contributed by atoms with Gasteiger partial charge in [0.1, 0.15) is 0 Å². The van der Waals surface area contributed by atoms with Crippen molar-refractivity contribution in [3.8, 4) is 11.5 Å². The van der Waals surface area contributed by atoms with Crippen molar-refractivity contribution in [2.24, 2.45) is 4.99 Å². The number of aryl methyl sites for hydroxylation is 1. The van der Waals surface area contributed by atoms with Crippen LogP contribution in [-0.4, -0.2) is 63.2 Å². The van der Waals surface area contributed by atoms with Gasteiger partial charge in [0.25, 0.3) is 0 Å². The minimum absolute atomic E-state index is 0. The number of carbonyl (C=O) groups is 1. The van der Waals surface area contributed by atoms with Gasteiger partial charge in [0, 0.05) is 39.1 Å². The van der Waals surface area contributed by atoms with Crippen LogP contribution in [-0.2, 0) is 11.2 Å². The van der Waals surface area contributed by atoms with Gasteiger partial charge in [-0.25, -0.2) is 0 Å². The number of carbonyl (C=O) groups excluding carboxylic acids is 1. The van der Waals surface area contributed by atoms with Crippen molar-refractivity contribution in [1.29, 1.82) is 0 Å². The second kappa shape index (κ2) is 13.5. The van der Waals surface area contributed by atoms with Crippen molar-refractivity contribution in [1.82, 2.24) is 15.5 Å². The van der Waals surface area contributed by atoms with Gasteiger partial charge >= 0.3 is 0 Å².